The zero-order valence-corrected chi connectivity index (χ0v) is 14.5. The molecule has 6 nitrogen and oxygen atoms in total. The third kappa shape index (κ3) is 3.03. The van der Waals surface area contributed by atoms with Crippen molar-refractivity contribution >= 4 is 11.8 Å². The molecule has 0 aromatic heterocycles. The molecule has 130 valence electrons. The zero-order chi connectivity index (χ0) is 18.0. The highest BCUT2D eigenvalue weighted by molar-refractivity contribution is 5.99. The molecule has 4 rings (SSSR count). The van der Waals surface area contributed by atoms with Crippen LogP contribution in [0, 0.1) is 0 Å². The molecule has 2 aliphatic heterocycles. The van der Waals surface area contributed by atoms with Gasteiger partial charge >= 0.3 is 0 Å². The molecule has 2 aliphatic rings. The maximum absolute atomic E-state index is 11.5. The quantitative estimate of drug-likeness (QED) is 0.910. The largest absolute Gasteiger partial charge is 0.496 e. The van der Waals surface area contributed by atoms with E-state index in [-0.39, 0.29) is 11.8 Å². The van der Waals surface area contributed by atoms with Crippen LogP contribution >= 0.6 is 0 Å². The molecule has 0 radical (unpaired) electrons. The van der Waals surface area contributed by atoms with Crippen molar-refractivity contribution in [1.82, 2.24) is 10.2 Å². The van der Waals surface area contributed by atoms with Gasteiger partial charge in [-0.05, 0) is 24.3 Å². The second-order valence-electron chi connectivity index (χ2n) is 5.82. The van der Waals surface area contributed by atoms with Gasteiger partial charge in [0, 0.05) is 35.8 Å². The Morgan fingerprint density at radius 3 is 2.16 bits per heavy atom. The molecule has 0 bridgehead atoms. The van der Waals surface area contributed by atoms with Crippen LogP contribution in [-0.2, 0) is 13.1 Å². The summed E-state index contributed by atoms with van der Waals surface area (Å²) in [5.74, 6) is 1.65. The van der Waals surface area contributed by atoms with Crippen LogP contribution in [0.3, 0.4) is 0 Å². The Labute approximate surface area is 146 Å². The van der Waals surface area contributed by atoms with Gasteiger partial charge in [-0.2, -0.15) is 0 Å². The normalized spacial score (nSPS) is 14.3. The van der Waals surface area contributed by atoms with E-state index in [2.05, 4.69) is 5.32 Å². The molecular formula is C19H20N2O4. The second-order valence-corrected chi connectivity index (χ2v) is 5.82. The maximum Gasteiger partial charge on any atom is 0.254 e. The minimum Gasteiger partial charge on any atom is -0.496 e. The van der Waals surface area contributed by atoms with Crippen LogP contribution in [0.2, 0.25) is 0 Å². The van der Waals surface area contributed by atoms with Crippen molar-refractivity contribution in [3.8, 4) is 11.5 Å². The molecule has 2 heterocycles. The molecule has 25 heavy (non-hydrogen) atoms. The molecule has 0 atom stereocenters. The summed E-state index contributed by atoms with van der Waals surface area (Å²) in [7, 11) is 5.03. The fourth-order valence-electron chi connectivity index (χ4n) is 3.05. The molecule has 0 spiro atoms. The highest BCUT2D eigenvalue weighted by Crippen LogP contribution is 2.29. The van der Waals surface area contributed by atoms with Crippen LogP contribution in [0.15, 0.2) is 36.4 Å². The van der Waals surface area contributed by atoms with Crippen LogP contribution < -0.4 is 14.8 Å². The lowest BCUT2D eigenvalue weighted by Gasteiger charge is -2.06. The molecule has 2 aromatic rings. The van der Waals surface area contributed by atoms with Crippen molar-refractivity contribution in [2.75, 3.05) is 21.3 Å². The number of rotatable bonds is 2. The topological polar surface area (TPSA) is 67.9 Å². The summed E-state index contributed by atoms with van der Waals surface area (Å²) < 4.78 is 10.3. The van der Waals surface area contributed by atoms with Crippen LogP contribution in [0.5, 0.6) is 11.5 Å². The number of ether oxygens (including phenoxy) is 2. The number of hydrogen-bond donors (Lipinski definition) is 1. The number of carbonyl (C=O) groups is 2. The number of benzene rings is 2. The Hall–Kier alpha value is -3.02. The second kappa shape index (κ2) is 6.84. The van der Waals surface area contributed by atoms with E-state index >= 15 is 0 Å². The van der Waals surface area contributed by atoms with E-state index in [1.165, 1.54) is 0 Å². The Morgan fingerprint density at radius 2 is 1.52 bits per heavy atom. The lowest BCUT2D eigenvalue weighted by molar-refractivity contribution is 0.0816. The number of fused-ring (bicyclic) bond motifs is 2. The Bertz CT molecular complexity index is 832. The SMILES string of the molecule is COc1cccc2c1CN(C)C2=O.COc1cccc2c1CNC2=O. The van der Waals surface area contributed by atoms with Gasteiger partial charge in [0.1, 0.15) is 11.5 Å². The first-order valence-corrected chi connectivity index (χ1v) is 7.92. The van der Waals surface area contributed by atoms with Crippen molar-refractivity contribution in [2.24, 2.45) is 0 Å². The van der Waals surface area contributed by atoms with Crippen molar-refractivity contribution < 1.29 is 19.1 Å². The fourth-order valence-corrected chi connectivity index (χ4v) is 3.05. The van der Waals surface area contributed by atoms with Gasteiger partial charge in [-0.25, -0.2) is 0 Å². The van der Waals surface area contributed by atoms with Gasteiger partial charge in [-0.3, -0.25) is 9.59 Å². The first-order chi connectivity index (χ1) is 12.1. The minimum atomic E-state index is -0.0103. The lowest BCUT2D eigenvalue weighted by atomic mass is 10.1. The van der Waals surface area contributed by atoms with Crippen LogP contribution in [0.1, 0.15) is 31.8 Å². The zero-order valence-electron chi connectivity index (χ0n) is 14.5. The van der Waals surface area contributed by atoms with Gasteiger partial charge in [-0.15, -0.1) is 0 Å². The van der Waals surface area contributed by atoms with Gasteiger partial charge in [0.2, 0.25) is 0 Å². The number of carbonyl (C=O) groups excluding carboxylic acids is 2. The van der Waals surface area contributed by atoms with Gasteiger partial charge in [-0.1, -0.05) is 12.1 Å². The highest BCUT2D eigenvalue weighted by atomic mass is 16.5. The van der Waals surface area contributed by atoms with E-state index < -0.39 is 0 Å². The lowest BCUT2D eigenvalue weighted by Crippen LogP contribution is -2.17. The number of amides is 2. The van der Waals surface area contributed by atoms with Gasteiger partial charge < -0.3 is 19.7 Å². The van der Waals surface area contributed by atoms with Gasteiger partial charge in [0.25, 0.3) is 11.8 Å². The number of nitrogens with one attached hydrogen (secondary N) is 1. The van der Waals surface area contributed by atoms with E-state index in [1.54, 1.807) is 32.2 Å². The van der Waals surface area contributed by atoms with E-state index in [0.29, 0.717) is 13.1 Å². The number of hydrogen-bond acceptors (Lipinski definition) is 4. The van der Waals surface area contributed by atoms with E-state index in [0.717, 1.165) is 33.8 Å². The maximum atomic E-state index is 11.5. The van der Waals surface area contributed by atoms with Crippen LogP contribution in [0.4, 0.5) is 0 Å². The number of nitrogens with zero attached hydrogens (tertiary/aromatic N) is 1. The summed E-state index contributed by atoms with van der Waals surface area (Å²) in [6.45, 7) is 1.23. The standard InChI is InChI=1S/C10H11NO2.C9H9NO2/c1-11-6-8-7(10(11)12)4-3-5-9(8)13-2;1-12-8-4-2-3-6-7(8)5-10-9(6)11/h3-5H,6H2,1-2H3;2-4H,5H2,1H3,(H,10,11). The Balaban J connectivity index is 0.000000146. The first-order valence-electron chi connectivity index (χ1n) is 7.92. The van der Waals surface area contributed by atoms with E-state index in [4.69, 9.17) is 9.47 Å². The molecule has 0 unspecified atom stereocenters. The fraction of sp³-hybridized carbons (Fsp3) is 0.263. The average molecular weight is 340 g/mol. The first kappa shape index (κ1) is 16.8. The Kier molecular flexibility index (Phi) is 4.61. The highest BCUT2D eigenvalue weighted by Gasteiger charge is 2.26. The van der Waals surface area contributed by atoms with Gasteiger partial charge in [0.15, 0.2) is 0 Å². The summed E-state index contributed by atoms with van der Waals surface area (Å²) >= 11 is 0. The monoisotopic (exact) mass is 340 g/mol. The smallest absolute Gasteiger partial charge is 0.254 e. The molecule has 1 N–H and O–H groups in total. The summed E-state index contributed by atoms with van der Waals surface area (Å²) in [5.41, 5.74) is 3.46. The molecular weight excluding hydrogens is 320 g/mol. The van der Waals surface area contributed by atoms with Crippen molar-refractivity contribution in [3.05, 3.63) is 58.7 Å². The molecule has 2 amide bonds. The van der Waals surface area contributed by atoms with Gasteiger partial charge in [0.05, 0.1) is 20.8 Å². The summed E-state index contributed by atoms with van der Waals surface area (Å²) in [4.78, 5) is 24.4. The molecule has 6 heteroatoms. The Morgan fingerprint density at radius 1 is 0.920 bits per heavy atom. The average Bonchev–Trinajstić information content (AvgIpc) is 3.16. The van der Waals surface area contributed by atoms with E-state index in [9.17, 15) is 9.59 Å². The van der Waals surface area contributed by atoms with Crippen molar-refractivity contribution in [1.29, 1.82) is 0 Å². The molecule has 0 fully saturated rings. The van der Waals surface area contributed by atoms with Crippen LogP contribution in [-0.4, -0.2) is 38.0 Å². The number of methoxy groups -OCH3 is 2. The summed E-state index contributed by atoms with van der Waals surface area (Å²) in [6.07, 6.45) is 0. The van der Waals surface area contributed by atoms with Crippen molar-refractivity contribution in [2.45, 2.75) is 13.1 Å². The van der Waals surface area contributed by atoms with Crippen LogP contribution in [0.25, 0.3) is 0 Å². The predicted octanol–water partition coefficient (Wildman–Crippen LogP) is 2.22. The third-order valence-electron chi connectivity index (χ3n) is 4.35. The molecule has 0 saturated carbocycles. The predicted molar refractivity (Wildman–Crippen MR) is 93.0 cm³/mol. The third-order valence-corrected chi connectivity index (χ3v) is 4.35. The molecule has 0 saturated heterocycles. The summed E-state index contributed by atoms with van der Waals surface area (Å²) in [5, 5.41) is 2.74. The summed E-state index contributed by atoms with van der Waals surface area (Å²) in [6, 6.07) is 11.0. The molecule has 0 aliphatic carbocycles. The van der Waals surface area contributed by atoms with E-state index in [1.807, 2.05) is 30.3 Å². The minimum absolute atomic E-state index is 0.0103. The van der Waals surface area contributed by atoms with Crippen molar-refractivity contribution in [3.63, 3.8) is 0 Å². The molecule has 2 aromatic carbocycles.